The molecule has 2 aromatic heterocycles. The van der Waals surface area contributed by atoms with E-state index in [1.54, 1.807) is 0 Å². The van der Waals surface area contributed by atoms with Crippen molar-refractivity contribution in [1.82, 2.24) is 4.57 Å². The maximum Gasteiger partial charge on any atom is 0.143 e. The summed E-state index contributed by atoms with van der Waals surface area (Å²) in [5.41, 5.74) is 19.2. The number of anilines is 3. The Labute approximate surface area is 372 Å². The van der Waals surface area contributed by atoms with E-state index in [0.29, 0.717) is 0 Å². The number of aryl methyl sites for hydroxylation is 1. The lowest BCUT2D eigenvalue weighted by molar-refractivity contribution is 0.670. The lowest BCUT2D eigenvalue weighted by Crippen LogP contribution is -2.09. The van der Waals surface area contributed by atoms with Gasteiger partial charge in [-0.25, -0.2) is 0 Å². The van der Waals surface area contributed by atoms with Gasteiger partial charge in [0.05, 0.1) is 11.0 Å². The minimum Gasteiger partial charge on any atom is -0.455 e. The summed E-state index contributed by atoms with van der Waals surface area (Å²) in [5, 5.41) is 4.75. The fourth-order valence-electron chi connectivity index (χ4n) is 9.45. The fraction of sp³-hybridized carbons (Fsp3) is 0.0164. The zero-order chi connectivity index (χ0) is 42.6. The Morgan fingerprint density at radius 3 is 1.53 bits per heavy atom. The SMILES string of the molecule is Cc1ccc(-n2c3ccccc3c3cc(-c4ccc(N(c5ccc(-c6cccc(-c7ccccc7)c6)cc5)c5ccc(-c6cccc7c6oc6ccccc67)cc5)cc4)ccc32)cc1. The molecule has 0 atom stereocenters. The van der Waals surface area contributed by atoms with Gasteiger partial charge < -0.3 is 13.9 Å². The van der Waals surface area contributed by atoms with Crippen molar-refractivity contribution in [2.45, 2.75) is 6.92 Å². The summed E-state index contributed by atoms with van der Waals surface area (Å²) in [4.78, 5) is 2.35. The first-order valence-electron chi connectivity index (χ1n) is 21.9. The lowest BCUT2D eigenvalue weighted by Gasteiger charge is -2.26. The molecule has 302 valence electrons. The molecule has 3 heteroatoms. The Bertz CT molecular complexity index is 3640. The third kappa shape index (κ3) is 6.54. The molecule has 0 fully saturated rings. The Hall–Kier alpha value is -8.40. The van der Waals surface area contributed by atoms with Crippen molar-refractivity contribution in [3.05, 3.63) is 242 Å². The molecule has 0 saturated heterocycles. The smallest absolute Gasteiger partial charge is 0.143 e. The normalized spacial score (nSPS) is 11.5. The van der Waals surface area contributed by atoms with Crippen LogP contribution in [-0.4, -0.2) is 4.57 Å². The molecule has 2 heterocycles. The number of benzene rings is 10. The van der Waals surface area contributed by atoms with Crippen LogP contribution in [0.1, 0.15) is 5.56 Å². The van der Waals surface area contributed by atoms with Crippen molar-refractivity contribution in [2.24, 2.45) is 0 Å². The van der Waals surface area contributed by atoms with Crippen LogP contribution in [0.15, 0.2) is 241 Å². The van der Waals surface area contributed by atoms with Gasteiger partial charge in [-0.15, -0.1) is 0 Å². The van der Waals surface area contributed by atoms with Crippen LogP contribution in [0.2, 0.25) is 0 Å². The van der Waals surface area contributed by atoms with Crippen molar-refractivity contribution >= 4 is 60.8 Å². The number of hydrogen-bond donors (Lipinski definition) is 0. The van der Waals surface area contributed by atoms with Crippen LogP contribution in [-0.2, 0) is 0 Å². The second-order valence-corrected chi connectivity index (χ2v) is 16.6. The van der Waals surface area contributed by atoms with Crippen molar-refractivity contribution in [2.75, 3.05) is 4.90 Å². The van der Waals surface area contributed by atoms with Crippen LogP contribution in [0.3, 0.4) is 0 Å². The molecule has 10 aromatic carbocycles. The summed E-state index contributed by atoms with van der Waals surface area (Å²) in [6, 6.07) is 85.3. The number of aromatic nitrogens is 1. The standard InChI is InChI=1S/C61H42N2O/c1-41-21-30-52(31-22-41)63-58-19-7-5-15-54(58)57-40-48(29-38-59(57)63)44-25-34-50(35-26-44)62(49-32-23-43(24-33-49)47-14-9-13-46(39-47)42-11-3-2-4-12-42)51-36-27-45(28-37-51)53-17-10-18-56-55-16-6-8-20-60(55)64-61(53)56/h2-40H,1H3. The van der Waals surface area contributed by atoms with E-state index >= 15 is 0 Å². The molecule has 0 bridgehead atoms. The first-order valence-corrected chi connectivity index (χ1v) is 21.9. The van der Waals surface area contributed by atoms with Crippen LogP contribution in [0.4, 0.5) is 17.1 Å². The van der Waals surface area contributed by atoms with E-state index in [9.17, 15) is 0 Å². The molecule has 64 heavy (non-hydrogen) atoms. The topological polar surface area (TPSA) is 21.3 Å². The molecule has 3 nitrogen and oxygen atoms in total. The van der Waals surface area contributed by atoms with Gasteiger partial charge in [-0.3, -0.25) is 0 Å². The predicted molar refractivity (Wildman–Crippen MR) is 269 cm³/mol. The highest BCUT2D eigenvalue weighted by Crippen LogP contribution is 2.41. The summed E-state index contributed by atoms with van der Waals surface area (Å²) in [7, 11) is 0. The molecular formula is C61H42N2O. The molecule has 0 aliphatic heterocycles. The largest absolute Gasteiger partial charge is 0.455 e. The predicted octanol–water partition coefficient (Wildman–Crippen LogP) is 17.1. The highest BCUT2D eigenvalue weighted by atomic mass is 16.3. The number of hydrogen-bond acceptors (Lipinski definition) is 2. The van der Waals surface area contributed by atoms with Gasteiger partial charge in [0.25, 0.3) is 0 Å². The summed E-state index contributed by atoms with van der Waals surface area (Å²) in [6.45, 7) is 2.14. The Morgan fingerprint density at radius 1 is 0.344 bits per heavy atom. The summed E-state index contributed by atoms with van der Waals surface area (Å²) in [5.74, 6) is 0. The van der Waals surface area contributed by atoms with Crippen molar-refractivity contribution in [3.8, 4) is 50.2 Å². The minimum absolute atomic E-state index is 0.903. The molecule has 0 aliphatic rings. The average molecular weight is 819 g/mol. The molecule has 0 unspecified atom stereocenters. The van der Waals surface area contributed by atoms with Gasteiger partial charge in [0.2, 0.25) is 0 Å². The maximum atomic E-state index is 6.44. The van der Waals surface area contributed by atoms with Crippen molar-refractivity contribution < 1.29 is 4.42 Å². The Balaban J connectivity index is 0.924. The first-order chi connectivity index (χ1) is 31.6. The molecule has 0 saturated carbocycles. The first kappa shape index (κ1) is 37.4. The number of para-hydroxylation sites is 3. The van der Waals surface area contributed by atoms with Crippen LogP contribution in [0.25, 0.3) is 93.9 Å². The Morgan fingerprint density at radius 2 is 0.844 bits per heavy atom. The lowest BCUT2D eigenvalue weighted by atomic mass is 9.98. The number of rotatable bonds is 8. The molecule has 0 spiro atoms. The fourth-order valence-corrected chi connectivity index (χ4v) is 9.45. The average Bonchev–Trinajstić information content (AvgIpc) is 3.91. The second-order valence-electron chi connectivity index (χ2n) is 16.6. The second kappa shape index (κ2) is 15.5. The third-order valence-corrected chi connectivity index (χ3v) is 12.7. The quantitative estimate of drug-likeness (QED) is 0.152. The molecule has 12 aromatic rings. The zero-order valence-electron chi connectivity index (χ0n) is 35.3. The molecule has 12 rings (SSSR count). The minimum atomic E-state index is 0.903. The van der Waals surface area contributed by atoms with E-state index in [0.717, 1.165) is 50.1 Å². The van der Waals surface area contributed by atoms with E-state index in [4.69, 9.17) is 4.42 Å². The van der Waals surface area contributed by atoms with E-state index in [1.807, 2.05) is 12.1 Å². The maximum absolute atomic E-state index is 6.44. The van der Waals surface area contributed by atoms with Gasteiger partial charge in [-0.2, -0.15) is 0 Å². The van der Waals surface area contributed by atoms with E-state index < -0.39 is 0 Å². The van der Waals surface area contributed by atoms with Crippen LogP contribution >= 0.6 is 0 Å². The zero-order valence-corrected chi connectivity index (χ0v) is 35.3. The summed E-state index contributed by atoms with van der Waals surface area (Å²) >= 11 is 0. The van der Waals surface area contributed by atoms with Gasteiger partial charge in [-0.05, 0) is 125 Å². The summed E-state index contributed by atoms with van der Waals surface area (Å²) in [6.07, 6.45) is 0. The number of fused-ring (bicyclic) bond motifs is 6. The Kier molecular flexibility index (Phi) is 9.05. The highest BCUT2D eigenvalue weighted by Gasteiger charge is 2.18. The van der Waals surface area contributed by atoms with Crippen LogP contribution < -0.4 is 4.90 Å². The molecular weight excluding hydrogens is 777 g/mol. The molecule has 0 amide bonds. The van der Waals surface area contributed by atoms with Crippen molar-refractivity contribution in [3.63, 3.8) is 0 Å². The molecule has 0 N–H and O–H groups in total. The molecule has 0 aliphatic carbocycles. The summed E-state index contributed by atoms with van der Waals surface area (Å²) < 4.78 is 8.82. The monoisotopic (exact) mass is 818 g/mol. The van der Waals surface area contributed by atoms with E-state index in [1.165, 1.54) is 66.4 Å². The number of nitrogens with zero attached hydrogens (tertiary/aromatic N) is 2. The molecule has 0 radical (unpaired) electrons. The highest BCUT2D eigenvalue weighted by molar-refractivity contribution is 6.11. The van der Waals surface area contributed by atoms with Gasteiger partial charge in [-0.1, -0.05) is 163 Å². The number of furan rings is 1. The van der Waals surface area contributed by atoms with E-state index in [-0.39, 0.29) is 0 Å². The van der Waals surface area contributed by atoms with Gasteiger partial charge >= 0.3 is 0 Å². The van der Waals surface area contributed by atoms with E-state index in [2.05, 4.69) is 241 Å². The van der Waals surface area contributed by atoms with Crippen molar-refractivity contribution in [1.29, 1.82) is 0 Å². The van der Waals surface area contributed by atoms with Gasteiger partial charge in [0.15, 0.2) is 0 Å². The van der Waals surface area contributed by atoms with Crippen LogP contribution in [0, 0.1) is 6.92 Å². The van der Waals surface area contributed by atoms with Gasteiger partial charge in [0, 0.05) is 49.9 Å². The van der Waals surface area contributed by atoms with Gasteiger partial charge in [0.1, 0.15) is 11.2 Å². The third-order valence-electron chi connectivity index (χ3n) is 12.7. The van der Waals surface area contributed by atoms with Crippen LogP contribution in [0.5, 0.6) is 0 Å².